The maximum Gasteiger partial charge on any atom is 0.331 e. The third-order valence-corrected chi connectivity index (χ3v) is 5.89. The quantitative estimate of drug-likeness (QED) is 0.544. The molecule has 2 heterocycles. The zero-order chi connectivity index (χ0) is 23.5. The maximum absolute atomic E-state index is 13.5. The summed E-state index contributed by atoms with van der Waals surface area (Å²) in [6.45, 7) is 1.50. The smallest absolute Gasteiger partial charge is 0.331 e. The van der Waals surface area contributed by atoms with Gasteiger partial charge in [-0.1, -0.05) is 31.4 Å². The van der Waals surface area contributed by atoms with Gasteiger partial charge in [-0.05, 0) is 31.9 Å². The molecule has 1 aliphatic rings. The second-order valence-corrected chi connectivity index (χ2v) is 8.00. The molecule has 0 bridgehead atoms. The molecule has 10 heteroatoms. The first kappa shape index (κ1) is 22.5. The van der Waals surface area contributed by atoms with Crippen molar-refractivity contribution in [3.05, 3.63) is 40.4 Å². The van der Waals surface area contributed by atoms with Crippen molar-refractivity contribution in [1.82, 2.24) is 19.1 Å². The molecular formula is C23H27N5O5. The standard InChI is InChI=1S/C23H27N5O5/c1-3-33-17(29)13-27-19-18(20(24)30)25-21(14-8-7-11-16(12-14)32-2)26-22(19)28(23(27)31)15-9-5-4-6-10-15/h7-8,11-12,15H,3-6,9-10,13H2,1-2H3,(H2,24,30). The molecule has 3 aromatic rings. The van der Waals surface area contributed by atoms with Gasteiger partial charge in [0.05, 0.1) is 13.7 Å². The van der Waals surface area contributed by atoms with Gasteiger partial charge in [-0.2, -0.15) is 0 Å². The fourth-order valence-corrected chi connectivity index (χ4v) is 4.39. The van der Waals surface area contributed by atoms with Crippen LogP contribution in [0.2, 0.25) is 0 Å². The molecule has 2 N–H and O–H groups in total. The number of hydrogen-bond acceptors (Lipinski definition) is 7. The van der Waals surface area contributed by atoms with E-state index in [1.165, 1.54) is 4.57 Å². The summed E-state index contributed by atoms with van der Waals surface area (Å²) in [5, 5.41) is 0. The Balaban J connectivity index is 2.00. The maximum atomic E-state index is 13.5. The van der Waals surface area contributed by atoms with Gasteiger partial charge >= 0.3 is 11.7 Å². The molecule has 0 aliphatic heterocycles. The highest BCUT2D eigenvalue weighted by atomic mass is 16.5. The summed E-state index contributed by atoms with van der Waals surface area (Å²) >= 11 is 0. The molecule has 33 heavy (non-hydrogen) atoms. The number of nitrogens with zero attached hydrogens (tertiary/aromatic N) is 4. The molecule has 174 valence electrons. The summed E-state index contributed by atoms with van der Waals surface area (Å²) in [5.74, 6) is -0.561. The summed E-state index contributed by atoms with van der Waals surface area (Å²) in [6, 6.07) is 7.00. The van der Waals surface area contributed by atoms with Crippen LogP contribution in [-0.2, 0) is 16.1 Å². The van der Waals surface area contributed by atoms with Crippen LogP contribution >= 0.6 is 0 Å². The number of esters is 1. The Labute approximate surface area is 190 Å². The average molecular weight is 453 g/mol. The van der Waals surface area contributed by atoms with Gasteiger partial charge in [0.2, 0.25) is 0 Å². The van der Waals surface area contributed by atoms with Crippen LogP contribution in [0.25, 0.3) is 22.6 Å². The molecule has 2 aromatic heterocycles. The molecule has 0 saturated heterocycles. The van der Waals surface area contributed by atoms with Crippen molar-refractivity contribution < 1.29 is 19.1 Å². The third kappa shape index (κ3) is 4.33. The van der Waals surface area contributed by atoms with Crippen molar-refractivity contribution in [3.63, 3.8) is 0 Å². The number of methoxy groups -OCH3 is 1. The minimum Gasteiger partial charge on any atom is -0.497 e. The number of ether oxygens (including phenoxy) is 2. The number of nitrogens with two attached hydrogens (primary N) is 1. The second kappa shape index (κ2) is 9.43. The van der Waals surface area contributed by atoms with Gasteiger partial charge in [0.1, 0.15) is 17.8 Å². The predicted molar refractivity (Wildman–Crippen MR) is 121 cm³/mol. The molecule has 0 unspecified atom stereocenters. The number of carbonyl (C=O) groups excluding carboxylic acids is 2. The highest BCUT2D eigenvalue weighted by molar-refractivity contribution is 6.02. The number of primary amides is 1. The molecule has 10 nitrogen and oxygen atoms in total. The van der Waals surface area contributed by atoms with E-state index in [2.05, 4.69) is 9.97 Å². The van der Waals surface area contributed by atoms with Crippen molar-refractivity contribution in [2.75, 3.05) is 13.7 Å². The van der Waals surface area contributed by atoms with Crippen molar-refractivity contribution in [2.45, 2.75) is 51.6 Å². The van der Waals surface area contributed by atoms with Crippen molar-refractivity contribution >= 4 is 23.0 Å². The van der Waals surface area contributed by atoms with E-state index in [9.17, 15) is 14.4 Å². The average Bonchev–Trinajstić information content (AvgIpc) is 3.10. The number of rotatable bonds is 7. The van der Waals surface area contributed by atoms with E-state index in [-0.39, 0.29) is 41.9 Å². The van der Waals surface area contributed by atoms with E-state index < -0.39 is 17.6 Å². The van der Waals surface area contributed by atoms with E-state index >= 15 is 0 Å². The van der Waals surface area contributed by atoms with Crippen LogP contribution in [0.5, 0.6) is 5.75 Å². The van der Waals surface area contributed by atoms with Crippen LogP contribution in [-0.4, -0.2) is 44.7 Å². The Morgan fingerprint density at radius 1 is 1.18 bits per heavy atom. The zero-order valence-corrected chi connectivity index (χ0v) is 18.7. The van der Waals surface area contributed by atoms with Gasteiger partial charge in [0.15, 0.2) is 17.2 Å². The molecule has 1 fully saturated rings. The van der Waals surface area contributed by atoms with Gasteiger partial charge < -0.3 is 15.2 Å². The number of imidazole rings is 1. The summed E-state index contributed by atoms with van der Waals surface area (Å²) in [4.78, 5) is 47.3. The Kier molecular flexibility index (Phi) is 6.43. The van der Waals surface area contributed by atoms with Gasteiger partial charge in [0.25, 0.3) is 5.91 Å². The highest BCUT2D eigenvalue weighted by Gasteiger charge is 2.29. The summed E-state index contributed by atoms with van der Waals surface area (Å²) in [5.41, 5.74) is 6.19. The first-order chi connectivity index (χ1) is 15.9. The summed E-state index contributed by atoms with van der Waals surface area (Å²) in [6.07, 6.45) is 4.69. The van der Waals surface area contributed by atoms with E-state index in [1.807, 2.05) is 0 Å². The molecule has 0 atom stereocenters. The Morgan fingerprint density at radius 2 is 1.94 bits per heavy atom. The summed E-state index contributed by atoms with van der Waals surface area (Å²) < 4.78 is 13.1. The van der Waals surface area contributed by atoms with E-state index in [4.69, 9.17) is 15.2 Å². The molecule has 1 amide bonds. The largest absolute Gasteiger partial charge is 0.497 e. The molecule has 0 spiro atoms. The van der Waals surface area contributed by atoms with Crippen LogP contribution in [0, 0.1) is 0 Å². The zero-order valence-electron chi connectivity index (χ0n) is 18.7. The van der Waals surface area contributed by atoms with E-state index in [0.717, 1.165) is 32.1 Å². The van der Waals surface area contributed by atoms with E-state index in [1.54, 1.807) is 42.9 Å². The van der Waals surface area contributed by atoms with Crippen LogP contribution in [0.1, 0.15) is 55.6 Å². The number of carbonyl (C=O) groups is 2. The molecule has 4 rings (SSSR count). The van der Waals surface area contributed by atoms with Gasteiger partial charge in [0, 0.05) is 11.6 Å². The first-order valence-electron chi connectivity index (χ1n) is 11.1. The monoisotopic (exact) mass is 453 g/mol. The number of aromatic nitrogens is 4. The lowest BCUT2D eigenvalue weighted by molar-refractivity contribution is -0.143. The van der Waals surface area contributed by atoms with Gasteiger partial charge in [-0.15, -0.1) is 0 Å². The Hall–Kier alpha value is -3.69. The van der Waals surface area contributed by atoms with E-state index in [0.29, 0.717) is 11.3 Å². The fraction of sp³-hybridized carbons (Fsp3) is 0.435. The van der Waals surface area contributed by atoms with Crippen molar-refractivity contribution in [2.24, 2.45) is 5.73 Å². The topological polar surface area (TPSA) is 131 Å². The molecule has 1 aromatic carbocycles. The summed E-state index contributed by atoms with van der Waals surface area (Å²) in [7, 11) is 1.55. The third-order valence-electron chi connectivity index (χ3n) is 5.89. The Bertz CT molecular complexity index is 1260. The molecule has 0 radical (unpaired) electrons. The molecule has 1 aliphatic carbocycles. The highest BCUT2D eigenvalue weighted by Crippen LogP contribution is 2.31. The van der Waals surface area contributed by atoms with Crippen molar-refractivity contribution in [3.8, 4) is 17.1 Å². The minimum absolute atomic E-state index is 0.0917. The lowest BCUT2D eigenvalue weighted by Crippen LogP contribution is -2.31. The van der Waals surface area contributed by atoms with Crippen LogP contribution in [0.4, 0.5) is 0 Å². The number of benzene rings is 1. The van der Waals surface area contributed by atoms with Crippen LogP contribution < -0.4 is 16.2 Å². The predicted octanol–water partition coefficient (Wildman–Crippen LogP) is 2.44. The fourth-order valence-electron chi connectivity index (χ4n) is 4.39. The van der Waals surface area contributed by atoms with Gasteiger partial charge in [-0.3, -0.25) is 18.7 Å². The lowest BCUT2D eigenvalue weighted by atomic mass is 9.95. The number of hydrogen-bond donors (Lipinski definition) is 1. The number of fused-ring (bicyclic) bond motifs is 1. The van der Waals surface area contributed by atoms with Crippen LogP contribution in [0.3, 0.4) is 0 Å². The first-order valence-corrected chi connectivity index (χ1v) is 11.1. The normalized spacial score (nSPS) is 14.4. The van der Waals surface area contributed by atoms with Crippen LogP contribution in [0.15, 0.2) is 29.1 Å². The number of amides is 1. The Morgan fingerprint density at radius 3 is 2.61 bits per heavy atom. The van der Waals surface area contributed by atoms with Crippen molar-refractivity contribution in [1.29, 1.82) is 0 Å². The van der Waals surface area contributed by atoms with Gasteiger partial charge in [-0.25, -0.2) is 14.8 Å². The minimum atomic E-state index is -0.815. The SMILES string of the molecule is CCOC(=O)Cn1c(=O)n(C2CCCCC2)c2nc(-c3cccc(OC)c3)nc(C(N)=O)c21. The molecular weight excluding hydrogens is 426 g/mol. The lowest BCUT2D eigenvalue weighted by Gasteiger charge is -2.22. The molecule has 1 saturated carbocycles. The second-order valence-electron chi connectivity index (χ2n) is 8.00.